The van der Waals surface area contributed by atoms with E-state index in [0.29, 0.717) is 0 Å². The van der Waals surface area contributed by atoms with E-state index in [0.717, 1.165) is 16.0 Å². The monoisotopic (exact) mass is 443 g/mol. The van der Waals surface area contributed by atoms with Crippen molar-refractivity contribution in [3.05, 3.63) is 47.1 Å². The Morgan fingerprint density at radius 3 is 2.50 bits per heavy atom. The maximum Gasteiger partial charge on any atom is 0.408 e. The normalized spacial score (nSPS) is 19.2. The second-order valence-corrected chi connectivity index (χ2v) is 9.52. The zero-order chi connectivity index (χ0) is 23.9. The number of urea groups is 1. The molecule has 0 saturated carbocycles. The minimum absolute atomic E-state index is 0.0663. The summed E-state index contributed by atoms with van der Waals surface area (Å²) in [5.41, 5.74) is -1.24. The Labute approximate surface area is 186 Å². The zero-order valence-electron chi connectivity index (χ0n) is 19.4. The number of amides is 4. The van der Waals surface area contributed by atoms with Gasteiger partial charge in [-0.1, -0.05) is 29.4 Å². The third-order valence-electron chi connectivity index (χ3n) is 5.09. The molecule has 2 aromatic rings. The fourth-order valence-corrected chi connectivity index (χ4v) is 3.48. The summed E-state index contributed by atoms with van der Waals surface area (Å²) < 4.78 is 10.5. The fraction of sp³-hybridized carbons (Fsp3) is 0.500. The number of hydrogen-bond acceptors (Lipinski definition) is 7. The van der Waals surface area contributed by atoms with Crippen LogP contribution >= 0.6 is 0 Å². The molecule has 4 amide bonds. The first kappa shape index (κ1) is 23.2. The first-order chi connectivity index (χ1) is 14.7. The molecule has 1 unspecified atom stereocenters. The van der Waals surface area contributed by atoms with Crippen molar-refractivity contribution in [3.8, 4) is 0 Å². The Morgan fingerprint density at radius 2 is 1.88 bits per heavy atom. The molecule has 172 valence electrons. The van der Waals surface area contributed by atoms with E-state index in [1.54, 1.807) is 41.5 Å². The molecule has 10 nitrogen and oxygen atoms in total. The lowest BCUT2D eigenvalue weighted by molar-refractivity contribution is -0.131. The number of aryl methyl sites for hydroxylation is 1. The molecule has 1 aromatic heterocycles. The molecule has 0 bridgehead atoms. The quantitative estimate of drug-likeness (QED) is 0.680. The van der Waals surface area contributed by atoms with Crippen LogP contribution in [-0.2, 0) is 27.2 Å². The van der Waals surface area contributed by atoms with Crippen molar-refractivity contribution in [1.29, 1.82) is 0 Å². The van der Waals surface area contributed by atoms with Crippen molar-refractivity contribution < 1.29 is 23.6 Å². The highest BCUT2D eigenvalue weighted by Crippen LogP contribution is 2.31. The molecule has 1 aliphatic rings. The lowest BCUT2D eigenvalue weighted by Gasteiger charge is -2.26. The standard InChI is InChI=1S/C22H29N5O5/c1-13-10-8-9-11-14(13)22(7)17(28)27(18(29)24-22)12-15-23-16(26-32-15)21(5,6)25-19(30)31-20(2,3)4/h8-11H,12H2,1-7H3,(H,24,29)(H,25,30). The van der Waals surface area contributed by atoms with Crippen molar-refractivity contribution in [2.75, 3.05) is 0 Å². The van der Waals surface area contributed by atoms with Crippen LogP contribution in [0.4, 0.5) is 9.59 Å². The highest BCUT2D eigenvalue weighted by atomic mass is 16.6. The van der Waals surface area contributed by atoms with Gasteiger partial charge in [-0.05, 0) is 59.6 Å². The van der Waals surface area contributed by atoms with Crippen LogP contribution in [-0.4, -0.2) is 38.7 Å². The van der Waals surface area contributed by atoms with Crippen molar-refractivity contribution in [3.63, 3.8) is 0 Å². The third kappa shape index (κ3) is 4.58. The lowest BCUT2D eigenvalue weighted by atomic mass is 9.88. The van der Waals surface area contributed by atoms with Crippen LogP contribution in [0.5, 0.6) is 0 Å². The first-order valence-corrected chi connectivity index (χ1v) is 10.3. The molecule has 3 rings (SSSR count). The molecule has 0 radical (unpaired) electrons. The largest absolute Gasteiger partial charge is 0.444 e. The number of imide groups is 1. The molecule has 1 fully saturated rings. The van der Waals surface area contributed by atoms with Gasteiger partial charge in [0.25, 0.3) is 5.91 Å². The molecule has 0 spiro atoms. The van der Waals surface area contributed by atoms with E-state index in [4.69, 9.17) is 9.26 Å². The minimum atomic E-state index is -1.19. The molecule has 1 saturated heterocycles. The second kappa shape index (κ2) is 7.92. The van der Waals surface area contributed by atoms with Gasteiger partial charge in [0.2, 0.25) is 5.89 Å². The Balaban J connectivity index is 1.75. The molecule has 2 N–H and O–H groups in total. The smallest absolute Gasteiger partial charge is 0.408 e. The van der Waals surface area contributed by atoms with E-state index < -0.39 is 34.7 Å². The maximum atomic E-state index is 13.2. The van der Waals surface area contributed by atoms with Crippen molar-refractivity contribution in [2.45, 2.75) is 71.7 Å². The van der Waals surface area contributed by atoms with E-state index in [-0.39, 0.29) is 18.3 Å². The molecule has 32 heavy (non-hydrogen) atoms. The van der Waals surface area contributed by atoms with E-state index in [1.165, 1.54) is 0 Å². The summed E-state index contributed by atoms with van der Waals surface area (Å²) in [5, 5.41) is 9.37. The predicted molar refractivity (Wildman–Crippen MR) is 114 cm³/mol. The van der Waals surface area contributed by atoms with Crippen molar-refractivity contribution in [2.24, 2.45) is 0 Å². The van der Waals surface area contributed by atoms with Gasteiger partial charge in [0.05, 0.1) is 0 Å². The van der Waals surface area contributed by atoms with E-state index >= 15 is 0 Å². The van der Waals surface area contributed by atoms with Gasteiger partial charge in [-0.2, -0.15) is 4.98 Å². The predicted octanol–water partition coefficient (Wildman–Crippen LogP) is 3.11. The average Bonchev–Trinajstić information content (AvgIpc) is 3.20. The maximum absolute atomic E-state index is 13.2. The lowest BCUT2D eigenvalue weighted by Crippen LogP contribution is -2.44. The molecule has 1 aromatic carbocycles. The van der Waals surface area contributed by atoms with E-state index in [2.05, 4.69) is 20.8 Å². The fourth-order valence-electron chi connectivity index (χ4n) is 3.48. The van der Waals surface area contributed by atoms with Crippen LogP contribution < -0.4 is 10.6 Å². The summed E-state index contributed by atoms with van der Waals surface area (Å²) in [4.78, 5) is 43.2. The van der Waals surface area contributed by atoms with E-state index in [9.17, 15) is 14.4 Å². The Bertz CT molecular complexity index is 1050. The van der Waals surface area contributed by atoms with Gasteiger partial charge >= 0.3 is 12.1 Å². The topological polar surface area (TPSA) is 127 Å². The number of benzene rings is 1. The molecule has 1 atom stereocenters. The van der Waals surface area contributed by atoms with Crippen LogP contribution in [0.3, 0.4) is 0 Å². The van der Waals surface area contributed by atoms with Crippen molar-refractivity contribution in [1.82, 2.24) is 25.7 Å². The van der Waals surface area contributed by atoms with Crippen LogP contribution in [0.2, 0.25) is 0 Å². The van der Waals surface area contributed by atoms with Crippen LogP contribution in [0.15, 0.2) is 28.8 Å². The summed E-state index contributed by atoms with van der Waals surface area (Å²) >= 11 is 0. The number of rotatable bonds is 5. The van der Waals surface area contributed by atoms with Crippen LogP contribution in [0.1, 0.15) is 64.4 Å². The van der Waals surface area contributed by atoms with Gasteiger partial charge in [-0.3, -0.25) is 9.69 Å². The summed E-state index contributed by atoms with van der Waals surface area (Å²) in [5.74, 6) is -0.161. The number of nitrogens with one attached hydrogen (secondary N) is 2. The van der Waals surface area contributed by atoms with Gasteiger partial charge in [0, 0.05) is 0 Å². The molecule has 10 heteroatoms. The molecule has 1 aliphatic heterocycles. The number of aromatic nitrogens is 2. The Morgan fingerprint density at radius 1 is 1.22 bits per heavy atom. The van der Waals surface area contributed by atoms with Crippen LogP contribution in [0, 0.1) is 6.92 Å². The van der Waals surface area contributed by atoms with Gasteiger partial charge in [-0.15, -0.1) is 0 Å². The number of alkyl carbamates (subject to hydrolysis) is 1. The highest BCUT2D eigenvalue weighted by molar-refractivity contribution is 6.07. The SMILES string of the molecule is Cc1ccccc1C1(C)NC(=O)N(Cc2nc(C(C)(C)NC(=O)OC(C)(C)C)no2)C1=O. The van der Waals surface area contributed by atoms with Gasteiger partial charge in [0.15, 0.2) is 5.82 Å². The number of carbonyl (C=O) groups excluding carboxylic acids is 3. The summed E-state index contributed by atoms with van der Waals surface area (Å²) in [6.07, 6.45) is -0.628. The Kier molecular flexibility index (Phi) is 5.75. The number of nitrogens with zero attached hydrogens (tertiary/aromatic N) is 3. The second-order valence-electron chi connectivity index (χ2n) is 9.52. The molecular weight excluding hydrogens is 414 g/mol. The van der Waals surface area contributed by atoms with Crippen molar-refractivity contribution >= 4 is 18.0 Å². The summed E-state index contributed by atoms with van der Waals surface area (Å²) in [6.45, 7) is 12.0. The summed E-state index contributed by atoms with van der Waals surface area (Å²) in [6, 6.07) is 6.83. The zero-order valence-corrected chi connectivity index (χ0v) is 19.4. The number of hydrogen-bond donors (Lipinski definition) is 2. The minimum Gasteiger partial charge on any atom is -0.444 e. The van der Waals surface area contributed by atoms with E-state index in [1.807, 2.05) is 31.2 Å². The summed E-state index contributed by atoms with van der Waals surface area (Å²) in [7, 11) is 0. The highest BCUT2D eigenvalue weighted by Gasteiger charge is 2.50. The van der Waals surface area contributed by atoms with Crippen LogP contribution in [0.25, 0.3) is 0 Å². The third-order valence-corrected chi connectivity index (χ3v) is 5.09. The first-order valence-electron chi connectivity index (χ1n) is 10.3. The molecular formula is C22H29N5O5. The number of ether oxygens (including phenoxy) is 1. The number of carbonyl (C=O) groups is 3. The molecule has 0 aliphatic carbocycles. The van der Waals surface area contributed by atoms with Gasteiger partial charge in [0.1, 0.15) is 23.2 Å². The molecule has 2 heterocycles. The van der Waals surface area contributed by atoms with Gasteiger partial charge < -0.3 is 19.9 Å². The van der Waals surface area contributed by atoms with Gasteiger partial charge in [-0.25, -0.2) is 9.59 Å². The Hall–Kier alpha value is -3.43. The average molecular weight is 444 g/mol.